The van der Waals surface area contributed by atoms with Gasteiger partial charge in [-0.1, -0.05) is 0 Å². The van der Waals surface area contributed by atoms with E-state index in [2.05, 4.69) is 10.6 Å². The van der Waals surface area contributed by atoms with Crippen molar-refractivity contribution in [3.05, 3.63) is 0 Å². The standard InChI is InChI=1S/C43H72N2O34/c1-10(51)44-19-12(53)3-43(42(67)68,79-34(19)21(55)13(54)4-46)69-9-18-22(56)26(60)29(63)39(74-18)75-32-17(8-50)73-38(20(25(32)59)45-11(2)52)77-35-23(57)14(5-47)72-41(30(35)64)78-36-24(58)15(6-48)71-40(31(36)65)76-33-16(7-49)70-37(66)28(62)27(33)61/h12-41,46-50,53-66H,3-9H2,1-2H3,(H,44,51)(H,45,52)(H,67,68)/t12-,13+,14+,15+,16+,17+,18+,19+,20+,21+,22-,23-,24-,25+,26-,27+,28+,29+,30+,31+,32+,33+,34+,35-,36-,37+,38-,39-,40-,41-,43+/m0/s1. The highest BCUT2D eigenvalue weighted by Gasteiger charge is 2.59. The van der Waals surface area contributed by atoms with Gasteiger partial charge in [0.25, 0.3) is 5.79 Å². The highest BCUT2D eigenvalue weighted by molar-refractivity contribution is 5.76. The number of nitrogens with one attached hydrogen (secondary N) is 2. The second-order valence-corrected chi connectivity index (χ2v) is 19.7. The summed E-state index contributed by atoms with van der Waals surface area (Å²) in [5.41, 5.74) is 0. The van der Waals surface area contributed by atoms with Crippen molar-refractivity contribution in [3.8, 4) is 0 Å². The molecule has 31 atom stereocenters. The van der Waals surface area contributed by atoms with Crippen molar-refractivity contribution in [2.75, 3.05) is 39.6 Å². The van der Waals surface area contributed by atoms with Crippen molar-refractivity contribution in [2.45, 2.75) is 210 Å². The van der Waals surface area contributed by atoms with Crippen LogP contribution in [0.1, 0.15) is 20.3 Å². The lowest BCUT2D eigenvalue weighted by Gasteiger charge is -2.50. The van der Waals surface area contributed by atoms with E-state index in [1.807, 2.05) is 0 Å². The zero-order chi connectivity index (χ0) is 58.7. The van der Waals surface area contributed by atoms with E-state index in [-0.39, 0.29) is 0 Å². The summed E-state index contributed by atoms with van der Waals surface area (Å²) < 4.78 is 61.8. The predicted octanol–water partition coefficient (Wildman–Crippen LogP) is -14.6. The van der Waals surface area contributed by atoms with Gasteiger partial charge in [0.15, 0.2) is 31.5 Å². The minimum Gasteiger partial charge on any atom is -0.477 e. The van der Waals surface area contributed by atoms with Crippen molar-refractivity contribution < 1.29 is 169 Å². The Morgan fingerprint density at radius 2 is 0.949 bits per heavy atom. The van der Waals surface area contributed by atoms with Crippen LogP contribution in [0.25, 0.3) is 0 Å². The summed E-state index contributed by atoms with van der Waals surface area (Å²) in [4.78, 5) is 37.3. The van der Waals surface area contributed by atoms with E-state index in [0.29, 0.717) is 0 Å². The molecule has 6 fully saturated rings. The molecule has 0 aliphatic carbocycles. The molecule has 6 aliphatic heterocycles. The average molecular weight is 1160 g/mol. The Morgan fingerprint density at radius 1 is 0.506 bits per heavy atom. The van der Waals surface area contributed by atoms with Gasteiger partial charge in [-0.15, -0.1) is 0 Å². The lowest BCUT2D eigenvalue weighted by atomic mass is 9.88. The van der Waals surface area contributed by atoms with Gasteiger partial charge in [-0.3, -0.25) is 9.59 Å². The van der Waals surface area contributed by atoms with Gasteiger partial charge >= 0.3 is 5.97 Å². The maximum atomic E-state index is 12.8. The molecular formula is C43H72N2O34. The van der Waals surface area contributed by atoms with Gasteiger partial charge in [-0.05, 0) is 0 Å². The Kier molecular flexibility index (Phi) is 22.9. The molecule has 2 amide bonds. The third-order valence-corrected chi connectivity index (χ3v) is 14.2. The van der Waals surface area contributed by atoms with Gasteiger partial charge in [-0.25, -0.2) is 4.79 Å². The largest absolute Gasteiger partial charge is 0.477 e. The Morgan fingerprint density at radius 3 is 1.44 bits per heavy atom. The quantitative estimate of drug-likeness (QED) is 0.0507. The first-order valence-corrected chi connectivity index (χ1v) is 24.7. The number of aliphatic hydroxyl groups excluding tert-OH is 19. The second kappa shape index (κ2) is 27.7. The number of hydrogen-bond donors (Lipinski definition) is 22. The Balaban J connectivity index is 1.19. The molecule has 22 N–H and O–H groups in total. The number of ether oxygens (including phenoxy) is 11. The van der Waals surface area contributed by atoms with Gasteiger partial charge < -0.3 is 165 Å². The fourth-order valence-electron chi connectivity index (χ4n) is 9.91. The number of carbonyl (C=O) groups is 3. The monoisotopic (exact) mass is 1160 g/mol. The first kappa shape index (κ1) is 65.4. The van der Waals surface area contributed by atoms with Crippen LogP contribution in [-0.4, -0.2) is 349 Å². The molecule has 6 rings (SSSR count). The second-order valence-electron chi connectivity index (χ2n) is 19.7. The molecule has 0 saturated carbocycles. The van der Waals surface area contributed by atoms with Crippen LogP contribution in [0.3, 0.4) is 0 Å². The van der Waals surface area contributed by atoms with Crippen molar-refractivity contribution in [1.29, 1.82) is 0 Å². The van der Waals surface area contributed by atoms with Crippen molar-refractivity contribution in [2.24, 2.45) is 0 Å². The molecule has 79 heavy (non-hydrogen) atoms. The maximum Gasteiger partial charge on any atom is 0.364 e. The summed E-state index contributed by atoms with van der Waals surface area (Å²) in [5.74, 6) is -6.67. The van der Waals surface area contributed by atoms with Gasteiger partial charge in [0.1, 0.15) is 140 Å². The molecule has 0 unspecified atom stereocenters. The molecule has 0 spiro atoms. The normalized spacial score (nSPS) is 47.7. The first-order valence-electron chi connectivity index (χ1n) is 24.7. The molecule has 6 aliphatic rings. The molecule has 6 heterocycles. The number of amides is 2. The maximum absolute atomic E-state index is 12.8. The van der Waals surface area contributed by atoms with Crippen LogP contribution in [0.15, 0.2) is 0 Å². The van der Waals surface area contributed by atoms with Crippen LogP contribution in [0.2, 0.25) is 0 Å². The topological polar surface area (TPSA) is 581 Å². The molecule has 0 bridgehead atoms. The molecule has 36 heteroatoms. The zero-order valence-corrected chi connectivity index (χ0v) is 41.9. The lowest BCUT2D eigenvalue weighted by molar-refractivity contribution is -0.390. The number of aliphatic carboxylic acids is 1. The smallest absolute Gasteiger partial charge is 0.364 e. The zero-order valence-electron chi connectivity index (χ0n) is 41.9. The minimum atomic E-state index is -2.99. The number of carbonyl (C=O) groups excluding carboxylic acids is 2. The number of rotatable bonds is 21. The highest BCUT2D eigenvalue weighted by atomic mass is 16.8. The van der Waals surface area contributed by atoms with Crippen LogP contribution in [-0.2, 0) is 66.5 Å². The number of aliphatic hydroxyl groups is 19. The van der Waals surface area contributed by atoms with Crippen molar-refractivity contribution in [3.63, 3.8) is 0 Å². The van der Waals surface area contributed by atoms with Gasteiger partial charge in [0, 0.05) is 20.3 Å². The molecule has 458 valence electrons. The number of carboxylic acids is 1. The van der Waals surface area contributed by atoms with Crippen LogP contribution in [0.5, 0.6) is 0 Å². The average Bonchev–Trinajstić information content (AvgIpc) is 3.47. The highest BCUT2D eigenvalue weighted by Crippen LogP contribution is 2.38. The fourth-order valence-corrected chi connectivity index (χ4v) is 9.91. The molecule has 0 aromatic rings. The third kappa shape index (κ3) is 14.1. The lowest BCUT2D eigenvalue weighted by Crippen LogP contribution is -2.70. The van der Waals surface area contributed by atoms with E-state index in [1.54, 1.807) is 0 Å². The summed E-state index contributed by atoms with van der Waals surface area (Å²) >= 11 is 0. The summed E-state index contributed by atoms with van der Waals surface area (Å²) in [6, 6.07) is -3.47. The van der Waals surface area contributed by atoms with Gasteiger partial charge in [-0.2, -0.15) is 0 Å². The Labute approximate surface area is 446 Å². The Hall–Kier alpha value is -2.79. The molecule has 0 aromatic heterocycles. The van der Waals surface area contributed by atoms with Crippen LogP contribution in [0, 0.1) is 0 Å². The van der Waals surface area contributed by atoms with Gasteiger partial charge in [0.05, 0.1) is 51.8 Å². The summed E-state index contributed by atoms with van der Waals surface area (Å²) in [6.45, 7) is -4.38. The molecular weight excluding hydrogens is 1090 g/mol. The van der Waals surface area contributed by atoms with E-state index in [4.69, 9.17) is 52.1 Å². The van der Waals surface area contributed by atoms with Gasteiger partial charge in [0.2, 0.25) is 11.8 Å². The fraction of sp³-hybridized carbons (Fsp3) is 0.930. The van der Waals surface area contributed by atoms with Crippen molar-refractivity contribution in [1.82, 2.24) is 10.6 Å². The van der Waals surface area contributed by atoms with E-state index < -0.39 is 254 Å². The summed E-state index contributed by atoms with van der Waals surface area (Å²) in [7, 11) is 0. The van der Waals surface area contributed by atoms with Crippen molar-refractivity contribution >= 4 is 17.8 Å². The number of carboxylic acid groups (broad SMARTS) is 1. The third-order valence-electron chi connectivity index (χ3n) is 14.2. The van der Waals surface area contributed by atoms with Crippen LogP contribution >= 0.6 is 0 Å². The molecule has 0 aromatic carbocycles. The molecule has 0 radical (unpaired) electrons. The van der Waals surface area contributed by atoms with E-state index in [1.165, 1.54) is 0 Å². The van der Waals surface area contributed by atoms with Crippen LogP contribution < -0.4 is 10.6 Å². The van der Waals surface area contributed by atoms with E-state index in [9.17, 15) is 117 Å². The predicted molar refractivity (Wildman–Crippen MR) is 240 cm³/mol. The van der Waals surface area contributed by atoms with E-state index >= 15 is 0 Å². The minimum absolute atomic E-state index is 0.793. The van der Waals surface area contributed by atoms with Crippen LogP contribution in [0.4, 0.5) is 0 Å². The first-order chi connectivity index (χ1) is 37.2. The SMILES string of the molecule is CC(=O)N[C@H]1[C@H](O[C@H]2[C@@H](O)[C@@H](CO)O[C@@H](O[C@H]3[C@@H](O)[C@@H](CO)O[C@@H](O[C@H]4[C@H](O)[C@@H](O)[C@H](O)O[C@@H]4CO)[C@@H]3O)[C@@H]2O)O[C@H](CO)[C@@H](O[C@@H]2O[C@H](CO[C@]3(C(=O)O)C[C@H](O)[C@@H](NC(C)=O)[C@H]([C@H](O)[C@H](O)CO)O3)[C@H](O)[C@H](O)[C@H]2O)[C@@H]1O. The molecule has 36 nitrogen and oxygen atoms in total. The molecule has 6 saturated heterocycles. The summed E-state index contributed by atoms with van der Waals surface area (Å²) in [5, 5.41) is 218. The van der Waals surface area contributed by atoms with E-state index in [0.717, 1.165) is 13.8 Å². The number of hydrogen-bond acceptors (Lipinski definition) is 33. The summed E-state index contributed by atoms with van der Waals surface area (Å²) in [6.07, 6.45) is -57.4. The Bertz CT molecular complexity index is 1970.